The summed E-state index contributed by atoms with van der Waals surface area (Å²) >= 11 is 1.61. The Labute approximate surface area is 401 Å². The average Bonchev–Trinajstić information content (AvgIpc) is 3.95. The van der Waals surface area contributed by atoms with Crippen LogP contribution in [-0.2, 0) is 42.4 Å². The highest BCUT2D eigenvalue weighted by atomic mass is 32.2. The van der Waals surface area contributed by atoms with Gasteiger partial charge in [-0.05, 0) is 87.8 Å². The molecule has 0 radical (unpaired) electrons. The number of anilines is 4. The van der Waals surface area contributed by atoms with Gasteiger partial charge in [0.1, 0.15) is 11.4 Å². The number of nitrogens with zero attached hydrogens (tertiary/aromatic N) is 10. The Bertz CT molecular complexity index is 2750. The number of benzene rings is 2. The first kappa shape index (κ1) is 54.3. The lowest BCUT2D eigenvalue weighted by Gasteiger charge is -2.34. The minimum absolute atomic E-state index is 0.00000108. The van der Waals surface area contributed by atoms with Crippen LogP contribution >= 0.6 is 22.7 Å². The number of esters is 2. The molecule has 2 aliphatic heterocycles. The Morgan fingerprint density at radius 3 is 1.51 bits per heavy atom. The fourth-order valence-electron chi connectivity index (χ4n) is 6.45. The van der Waals surface area contributed by atoms with Gasteiger partial charge in [0.15, 0.2) is 5.75 Å². The fourth-order valence-corrected chi connectivity index (χ4v) is 9.14. The maximum atomic E-state index is 13.0. The van der Waals surface area contributed by atoms with E-state index >= 15 is 0 Å². The van der Waals surface area contributed by atoms with Crippen LogP contribution in [0.15, 0.2) is 44.7 Å². The van der Waals surface area contributed by atoms with Gasteiger partial charge in [0.2, 0.25) is 20.0 Å². The van der Waals surface area contributed by atoms with E-state index in [9.17, 15) is 52.8 Å². The minimum Gasteiger partial charge on any atom is -0.460 e. The minimum atomic E-state index is -5.69. The molecule has 0 fully saturated rings. The molecular weight excluding hydrogens is 1010 g/mol. The number of nitrogens with one attached hydrogen (secondary N) is 2. The molecule has 0 spiro atoms. The number of fused-ring (bicyclic) bond motifs is 2. The largest absolute Gasteiger partial charge is 0.516 e. The molecule has 2 unspecified atom stereocenters. The number of halogens is 6. The molecule has 2 aliphatic rings. The number of ether oxygens (including phenoxy) is 2. The second-order valence-electron chi connectivity index (χ2n) is 15.7. The smallest absolute Gasteiger partial charge is 0.460 e. The number of carbonyl (C=O) groups excluding carboxylic acids is 2. The van der Waals surface area contributed by atoms with Gasteiger partial charge in [-0.25, -0.2) is 18.0 Å². The summed E-state index contributed by atoms with van der Waals surface area (Å²) in [4.78, 5) is 27.7. The van der Waals surface area contributed by atoms with E-state index in [1.54, 1.807) is 17.8 Å². The van der Waals surface area contributed by atoms with Crippen molar-refractivity contribution in [1.29, 1.82) is 0 Å². The number of carbonyl (C=O) groups is 2. The van der Waals surface area contributed by atoms with Gasteiger partial charge in [-0.3, -0.25) is 9.44 Å². The number of unbranched alkanes of at least 4 members (excludes halogenated alkanes) is 2. The predicted molar refractivity (Wildman–Crippen MR) is 246 cm³/mol. The molecule has 0 amide bonds. The summed E-state index contributed by atoms with van der Waals surface area (Å²) in [5.74, 6) is -3.36. The van der Waals surface area contributed by atoms with Crippen LogP contribution < -0.4 is 19.2 Å². The molecule has 2 aromatic heterocycles. The van der Waals surface area contributed by atoms with E-state index in [1.165, 1.54) is 18.2 Å². The second kappa shape index (κ2) is 22.9. The van der Waals surface area contributed by atoms with Crippen LogP contribution in [0.3, 0.4) is 0 Å². The highest BCUT2D eigenvalue weighted by Gasteiger charge is 2.46. The van der Waals surface area contributed by atoms with E-state index in [0.717, 1.165) is 59.5 Å². The van der Waals surface area contributed by atoms with Gasteiger partial charge in [0, 0.05) is 37.6 Å². The molecule has 30 heteroatoms. The number of sulfonamides is 2. The molecule has 0 saturated heterocycles. The summed E-state index contributed by atoms with van der Waals surface area (Å²) in [6.07, 6.45) is 1.12. The number of hydrogen-bond donors (Lipinski definition) is 2. The summed E-state index contributed by atoms with van der Waals surface area (Å²) in [5.41, 5.74) is -3.27. The third-order valence-electron chi connectivity index (χ3n) is 10.4. The summed E-state index contributed by atoms with van der Waals surface area (Å²) in [7, 11) is -6.85. The van der Waals surface area contributed by atoms with Crippen molar-refractivity contribution in [2.45, 2.75) is 103 Å². The van der Waals surface area contributed by atoms with Crippen LogP contribution in [0, 0.1) is 0 Å². The van der Waals surface area contributed by atoms with E-state index in [2.05, 4.69) is 40.9 Å². The van der Waals surface area contributed by atoms with Gasteiger partial charge < -0.3 is 19.3 Å². The van der Waals surface area contributed by atoms with Crippen molar-refractivity contribution in [2.24, 2.45) is 20.5 Å². The van der Waals surface area contributed by atoms with Gasteiger partial charge >= 0.3 is 33.6 Å². The molecule has 378 valence electrons. The molecule has 6 rings (SSSR count). The van der Waals surface area contributed by atoms with E-state index in [1.807, 2.05) is 49.3 Å². The number of azo groups is 2. The Kier molecular flexibility index (Phi) is 18.0. The lowest BCUT2D eigenvalue weighted by atomic mass is 9.96. The molecule has 2 aromatic carbocycles. The summed E-state index contributed by atoms with van der Waals surface area (Å²) < 4.78 is 139. The zero-order valence-corrected chi connectivity index (χ0v) is 41.1. The van der Waals surface area contributed by atoms with Crippen LogP contribution in [0.4, 0.5) is 70.7 Å². The first-order valence-electron chi connectivity index (χ1n) is 21.1. The lowest BCUT2D eigenvalue weighted by Crippen LogP contribution is -2.34. The quantitative estimate of drug-likeness (QED) is 0.0432. The van der Waals surface area contributed by atoms with Crippen LogP contribution in [0.5, 0.6) is 0 Å². The Morgan fingerprint density at radius 2 is 1.12 bits per heavy atom. The van der Waals surface area contributed by atoms with Gasteiger partial charge in [-0.2, -0.15) is 34.8 Å². The van der Waals surface area contributed by atoms with Crippen LogP contribution in [0.1, 0.15) is 97.0 Å². The number of alkyl halides is 6. The van der Waals surface area contributed by atoms with E-state index in [-0.39, 0.29) is 68.3 Å². The Morgan fingerprint density at radius 1 is 0.696 bits per heavy atom. The predicted octanol–water partition coefficient (Wildman–Crippen LogP) is 9.93. The normalized spacial score (nSPS) is 16.5. The molecule has 0 bridgehead atoms. The molecule has 0 saturated carbocycles. The van der Waals surface area contributed by atoms with Crippen LogP contribution in [0.2, 0.25) is 0 Å². The van der Waals surface area contributed by atoms with Crippen LogP contribution in [-0.4, -0.2) is 106 Å². The van der Waals surface area contributed by atoms with E-state index < -0.39 is 49.4 Å². The van der Waals surface area contributed by atoms with Gasteiger partial charge in [-0.1, -0.05) is 49.4 Å². The zero-order chi connectivity index (χ0) is 50.9. The maximum absolute atomic E-state index is 13.0. The standard InChI is InChI=1S/C20H25F3N6O4S2.C19H23F3N6O4S2/c1-4-5-8-33-18(30)17-25-27-19(34-17)26-24-14-9-13-7-6-12(2)29(3)16(13)10-15(14)28-35(31,32)11-20(21,22)23;1-4-5-8-32-17(29)16-24-26-18(33-16)25-23-13-9-12-7-6-11(2)28(3)15(12)10-14(13)27-34(30,31)19(20,21)22/h9-10,12,28H,4-8,11H2,1-3H3;9-11,27H,4-8H2,1-3H3. The SMILES string of the molecule is CCCCOC(=O)c1nnc(N=Nc2cc3c(cc2NS(=O)(=O)C(F)(F)F)N(C)C(C)CC3)s1.CCCCOC(=O)c1nnc(N=Nc2cc3c(cc2NS(=O)(=O)CC(F)(F)F)N(C)C(C)CC3)s1. The molecule has 4 heterocycles. The first-order chi connectivity index (χ1) is 32.3. The van der Waals surface area contributed by atoms with Gasteiger partial charge in [0.25, 0.3) is 10.3 Å². The summed E-state index contributed by atoms with van der Waals surface area (Å²) in [5, 5.41) is 30.4. The number of rotatable bonds is 17. The maximum Gasteiger partial charge on any atom is 0.516 e. The van der Waals surface area contributed by atoms with Gasteiger partial charge in [-0.15, -0.1) is 40.9 Å². The number of aromatic nitrogens is 4. The highest BCUT2D eigenvalue weighted by Crippen LogP contribution is 2.42. The van der Waals surface area contributed by atoms with Crippen molar-refractivity contribution >= 4 is 99.0 Å². The molecule has 2 N–H and O–H groups in total. The number of aryl methyl sites for hydroxylation is 2. The van der Waals surface area contributed by atoms with Crippen molar-refractivity contribution < 1.29 is 62.2 Å². The topological polar surface area (TPSA) is 252 Å². The molecule has 20 nitrogen and oxygen atoms in total. The lowest BCUT2D eigenvalue weighted by molar-refractivity contribution is -0.106. The fraction of sp³-hybridized carbons (Fsp3) is 0.538. The van der Waals surface area contributed by atoms with Crippen molar-refractivity contribution in [3.63, 3.8) is 0 Å². The van der Waals surface area contributed by atoms with Crippen LogP contribution in [0.25, 0.3) is 0 Å². The molecule has 0 aliphatic carbocycles. The summed E-state index contributed by atoms with van der Waals surface area (Å²) in [6.45, 7) is 8.32. The van der Waals surface area contributed by atoms with Gasteiger partial charge in [0.05, 0.1) is 24.6 Å². The molecule has 69 heavy (non-hydrogen) atoms. The van der Waals surface area contributed by atoms with E-state index in [4.69, 9.17) is 9.47 Å². The van der Waals surface area contributed by atoms with Crippen molar-refractivity contribution in [1.82, 2.24) is 20.4 Å². The molecular formula is C39H48F6N12O8S4. The molecule has 2 atom stereocenters. The summed E-state index contributed by atoms with van der Waals surface area (Å²) in [6, 6.07) is 6.09. The monoisotopic (exact) mass is 1050 g/mol. The van der Waals surface area contributed by atoms with Crippen molar-refractivity contribution in [3.05, 3.63) is 45.4 Å². The first-order valence-corrected chi connectivity index (χ1v) is 25.9. The number of hydrogen-bond acceptors (Lipinski definition) is 20. The van der Waals surface area contributed by atoms with Crippen molar-refractivity contribution in [2.75, 3.05) is 52.3 Å². The third kappa shape index (κ3) is 14.9. The highest BCUT2D eigenvalue weighted by molar-refractivity contribution is 7.93. The third-order valence-corrected chi connectivity index (χ3v) is 14.3. The second-order valence-corrected chi connectivity index (χ2v) is 21.0. The Hall–Kier alpha value is -5.62. The van der Waals surface area contributed by atoms with E-state index in [0.29, 0.717) is 37.1 Å². The van der Waals surface area contributed by atoms with Crippen molar-refractivity contribution in [3.8, 4) is 0 Å². The molecule has 4 aromatic rings. The zero-order valence-electron chi connectivity index (χ0n) is 37.9. The average molecular weight is 1060 g/mol. The Balaban J connectivity index is 0.000000258.